The van der Waals surface area contributed by atoms with Gasteiger partial charge in [0.2, 0.25) is 11.8 Å². The molecule has 3 N–H and O–H groups in total. The second-order valence-corrected chi connectivity index (χ2v) is 5.67. The molecule has 1 aliphatic rings. The lowest BCUT2D eigenvalue weighted by Crippen LogP contribution is -2.47. The number of aliphatic carboxylic acids is 1. The van der Waals surface area contributed by atoms with Gasteiger partial charge >= 0.3 is 5.97 Å². The van der Waals surface area contributed by atoms with Crippen molar-refractivity contribution in [2.75, 3.05) is 11.4 Å². The van der Waals surface area contributed by atoms with Crippen LogP contribution in [-0.4, -0.2) is 29.4 Å². The molecule has 1 aromatic rings. The van der Waals surface area contributed by atoms with Crippen molar-refractivity contribution in [3.63, 3.8) is 0 Å². The molecule has 0 heterocycles. The first-order chi connectivity index (χ1) is 10.4. The second-order valence-electron chi connectivity index (χ2n) is 5.67. The topological polar surface area (TPSA) is 101 Å². The lowest BCUT2D eigenvalue weighted by atomic mass is 9.73. The minimum absolute atomic E-state index is 0.0458. The molecule has 0 radical (unpaired) electrons. The lowest BCUT2D eigenvalue weighted by Gasteiger charge is -2.36. The van der Waals surface area contributed by atoms with Crippen LogP contribution in [0.15, 0.2) is 24.3 Å². The third kappa shape index (κ3) is 3.44. The SMILES string of the molecule is Cc1cccc(N(CCC(N)=O)C(=O)C2CCC2C(=O)O)c1. The Kier molecular flexibility index (Phi) is 4.80. The summed E-state index contributed by atoms with van der Waals surface area (Å²) in [6, 6.07) is 7.35. The van der Waals surface area contributed by atoms with Crippen molar-refractivity contribution in [1.29, 1.82) is 0 Å². The number of primary amides is 1. The minimum Gasteiger partial charge on any atom is -0.481 e. The van der Waals surface area contributed by atoms with Gasteiger partial charge in [-0.15, -0.1) is 0 Å². The molecule has 1 aliphatic carbocycles. The first-order valence-corrected chi connectivity index (χ1v) is 7.29. The molecular formula is C16H20N2O4. The van der Waals surface area contributed by atoms with Gasteiger partial charge in [0, 0.05) is 18.7 Å². The summed E-state index contributed by atoms with van der Waals surface area (Å²) in [6.45, 7) is 2.07. The summed E-state index contributed by atoms with van der Waals surface area (Å²) >= 11 is 0. The molecule has 22 heavy (non-hydrogen) atoms. The zero-order valence-electron chi connectivity index (χ0n) is 12.5. The fraction of sp³-hybridized carbons (Fsp3) is 0.438. The maximum Gasteiger partial charge on any atom is 0.307 e. The summed E-state index contributed by atoms with van der Waals surface area (Å²) in [5.74, 6) is -2.83. The van der Waals surface area contributed by atoms with Crippen LogP contribution >= 0.6 is 0 Å². The number of carboxylic acid groups (broad SMARTS) is 1. The number of amides is 2. The molecule has 2 amide bonds. The summed E-state index contributed by atoms with van der Waals surface area (Å²) < 4.78 is 0. The van der Waals surface area contributed by atoms with Crippen molar-refractivity contribution < 1.29 is 19.5 Å². The van der Waals surface area contributed by atoms with Gasteiger partial charge in [-0.25, -0.2) is 0 Å². The van der Waals surface area contributed by atoms with Crippen LogP contribution in [0.2, 0.25) is 0 Å². The maximum atomic E-state index is 12.7. The van der Waals surface area contributed by atoms with Crippen molar-refractivity contribution in [2.45, 2.75) is 26.2 Å². The van der Waals surface area contributed by atoms with E-state index < -0.39 is 23.7 Å². The molecule has 0 spiro atoms. The fourth-order valence-corrected chi connectivity index (χ4v) is 2.68. The van der Waals surface area contributed by atoms with E-state index in [1.807, 2.05) is 25.1 Å². The molecule has 2 atom stereocenters. The van der Waals surface area contributed by atoms with Crippen LogP contribution in [-0.2, 0) is 14.4 Å². The van der Waals surface area contributed by atoms with E-state index in [0.29, 0.717) is 18.5 Å². The van der Waals surface area contributed by atoms with E-state index in [1.165, 1.54) is 4.90 Å². The lowest BCUT2D eigenvalue weighted by molar-refractivity contribution is -0.152. The zero-order chi connectivity index (χ0) is 16.3. The van der Waals surface area contributed by atoms with Crippen molar-refractivity contribution >= 4 is 23.5 Å². The minimum atomic E-state index is -0.941. The number of rotatable bonds is 6. The third-order valence-corrected chi connectivity index (χ3v) is 4.07. The van der Waals surface area contributed by atoms with E-state index in [4.69, 9.17) is 10.8 Å². The van der Waals surface area contributed by atoms with E-state index in [-0.39, 0.29) is 18.9 Å². The molecular weight excluding hydrogens is 284 g/mol. The van der Waals surface area contributed by atoms with Gasteiger partial charge in [-0.3, -0.25) is 14.4 Å². The highest BCUT2D eigenvalue weighted by Crippen LogP contribution is 2.37. The van der Waals surface area contributed by atoms with Crippen LogP contribution in [0, 0.1) is 18.8 Å². The highest BCUT2D eigenvalue weighted by Gasteiger charge is 2.43. The average Bonchev–Trinajstić information content (AvgIpc) is 2.36. The third-order valence-electron chi connectivity index (χ3n) is 4.07. The van der Waals surface area contributed by atoms with Crippen LogP contribution in [0.4, 0.5) is 5.69 Å². The van der Waals surface area contributed by atoms with Gasteiger partial charge in [-0.2, -0.15) is 0 Å². The second kappa shape index (κ2) is 6.60. The summed E-state index contributed by atoms with van der Waals surface area (Å²) in [6.07, 6.45) is 1.13. The van der Waals surface area contributed by atoms with Crippen molar-refractivity contribution in [3.8, 4) is 0 Å². The van der Waals surface area contributed by atoms with Gasteiger partial charge < -0.3 is 15.7 Å². The van der Waals surface area contributed by atoms with Gasteiger partial charge in [0.25, 0.3) is 0 Å². The maximum absolute atomic E-state index is 12.7. The molecule has 0 aliphatic heterocycles. The first kappa shape index (κ1) is 16.0. The van der Waals surface area contributed by atoms with Crippen LogP contribution < -0.4 is 10.6 Å². The Balaban J connectivity index is 2.22. The number of carbonyl (C=O) groups is 3. The molecule has 1 fully saturated rings. The summed E-state index contributed by atoms with van der Waals surface area (Å²) in [7, 11) is 0. The summed E-state index contributed by atoms with van der Waals surface area (Å²) in [4.78, 5) is 36.3. The molecule has 2 unspecified atom stereocenters. The number of carbonyl (C=O) groups excluding carboxylic acids is 2. The molecule has 1 aromatic carbocycles. The van der Waals surface area contributed by atoms with E-state index in [2.05, 4.69) is 0 Å². The van der Waals surface area contributed by atoms with E-state index in [1.54, 1.807) is 6.07 Å². The quantitative estimate of drug-likeness (QED) is 0.827. The Morgan fingerprint density at radius 2 is 1.95 bits per heavy atom. The number of carboxylic acids is 1. The van der Waals surface area contributed by atoms with Gasteiger partial charge in [-0.1, -0.05) is 12.1 Å². The van der Waals surface area contributed by atoms with Crippen molar-refractivity contribution in [3.05, 3.63) is 29.8 Å². The number of aryl methyl sites for hydroxylation is 1. The number of benzene rings is 1. The average molecular weight is 304 g/mol. The van der Waals surface area contributed by atoms with Crippen molar-refractivity contribution in [1.82, 2.24) is 0 Å². The van der Waals surface area contributed by atoms with Crippen molar-refractivity contribution in [2.24, 2.45) is 17.6 Å². The highest BCUT2D eigenvalue weighted by atomic mass is 16.4. The summed E-state index contributed by atoms with van der Waals surface area (Å²) in [5, 5.41) is 9.12. The van der Waals surface area contributed by atoms with Gasteiger partial charge in [0.05, 0.1) is 11.8 Å². The predicted octanol–water partition coefficient (Wildman–Crippen LogP) is 1.31. The molecule has 1 saturated carbocycles. The smallest absolute Gasteiger partial charge is 0.307 e. The number of hydrogen-bond donors (Lipinski definition) is 2. The van der Waals surface area contributed by atoms with Crippen LogP contribution in [0.1, 0.15) is 24.8 Å². The molecule has 118 valence electrons. The Hall–Kier alpha value is -2.37. The van der Waals surface area contributed by atoms with Crippen LogP contribution in [0.5, 0.6) is 0 Å². The Labute approximate surface area is 128 Å². The summed E-state index contributed by atoms with van der Waals surface area (Å²) in [5.41, 5.74) is 6.83. The zero-order valence-corrected chi connectivity index (χ0v) is 12.5. The molecule has 0 bridgehead atoms. The van der Waals surface area contributed by atoms with Crippen LogP contribution in [0.25, 0.3) is 0 Å². The van der Waals surface area contributed by atoms with Gasteiger partial charge in [-0.05, 0) is 37.5 Å². The Bertz CT molecular complexity index is 600. The number of nitrogens with zero attached hydrogens (tertiary/aromatic N) is 1. The van der Waals surface area contributed by atoms with Crippen LogP contribution in [0.3, 0.4) is 0 Å². The van der Waals surface area contributed by atoms with E-state index in [0.717, 1.165) is 5.56 Å². The standard InChI is InChI=1S/C16H20N2O4/c1-10-3-2-4-11(9-10)18(8-7-14(17)19)15(20)12-5-6-13(12)16(21)22/h2-4,9,12-13H,5-8H2,1H3,(H2,17,19)(H,21,22). The fourth-order valence-electron chi connectivity index (χ4n) is 2.68. The monoisotopic (exact) mass is 304 g/mol. The molecule has 0 saturated heterocycles. The molecule has 2 rings (SSSR count). The molecule has 6 nitrogen and oxygen atoms in total. The normalized spacial score (nSPS) is 20.0. The highest BCUT2D eigenvalue weighted by molar-refractivity contribution is 5.98. The number of nitrogens with two attached hydrogens (primary N) is 1. The Morgan fingerprint density at radius 1 is 1.27 bits per heavy atom. The Morgan fingerprint density at radius 3 is 2.45 bits per heavy atom. The van der Waals surface area contributed by atoms with E-state index in [9.17, 15) is 14.4 Å². The number of hydrogen-bond acceptors (Lipinski definition) is 3. The van der Waals surface area contributed by atoms with E-state index >= 15 is 0 Å². The first-order valence-electron chi connectivity index (χ1n) is 7.29. The van der Waals surface area contributed by atoms with Gasteiger partial charge in [0.1, 0.15) is 0 Å². The van der Waals surface area contributed by atoms with Gasteiger partial charge in [0.15, 0.2) is 0 Å². The molecule has 0 aromatic heterocycles. The molecule has 6 heteroatoms. The largest absolute Gasteiger partial charge is 0.481 e. The predicted molar refractivity (Wildman–Crippen MR) is 81.2 cm³/mol. The number of anilines is 1.